The third kappa shape index (κ3) is 5.97. The Bertz CT molecular complexity index is 1070. The number of nitrogens with zero attached hydrogens (tertiary/aromatic N) is 4. The molecule has 9 nitrogen and oxygen atoms in total. The molecule has 0 unspecified atom stereocenters. The summed E-state index contributed by atoms with van der Waals surface area (Å²) in [7, 11) is 0. The lowest BCUT2D eigenvalue weighted by Gasteiger charge is -2.34. The van der Waals surface area contributed by atoms with Gasteiger partial charge in [-0.1, -0.05) is 12.1 Å². The van der Waals surface area contributed by atoms with E-state index in [-0.39, 0.29) is 5.56 Å². The zero-order valence-electron chi connectivity index (χ0n) is 18.0. The number of anilines is 1. The number of carboxylic acid groups (broad SMARTS) is 1. The Kier molecular flexibility index (Phi) is 6.99. The summed E-state index contributed by atoms with van der Waals surface area (Å²) in [6.45, 7) is 2.69. The van der Waals surface area contributed by atoms with Crippen molar-refractivity contribution in [3.8, 4) is 11.5 Å². The van der Waals surface area contributed by atoms with Crippen LogP contribution in [0.4, 0.5) is 10.6 Å². The molecule has 4 rings (SSSR count). The predicted molar refractivity (Wildman–Crippen MR) is 121 cm³/mol. The zero-order chi connectivity index (χ0) is 23.0. The molecule has 0 aliphatic carbocycles. The fourth-order valence-corrected chi connectivity index (χ4v) is 3.43. The summed E-state index contributed by atoms with van der Waals surface area (Å²) in [4.78, 5) is 35.4. The highest BCUT2D eigenvalue weighted by Crippen LogP contribution is 2.17. The van der Waals surface area contributed by atoms with Crippen LogP contribution in [-0.2, 0) is 6.42 Å². The van der Waals surface area contributed by atoms with Crippen molar-refractivity contribution in [1.82, 2.24) is 14.9 Å². The number of piperazine rings is 1. The number of ether oxygens (including phenoxy) is 2. The van der Waals surface area contributed by atoms with E-state index in [0.29, 0.717) is 44.4 Å². The lowest BCUT2D eigenvalue weighted by atomic mass is 10.1. The van der Waals surface area contributed by atoms with Gasteiger partial charge in [0.2, 0.25) is 0 Å². The molecule has 1 aliphatic heterocycles. The standard InChI is InChI=1S/C24H24N4O5/c29-23(30)19-5-8-22(26-16-19)27-11-13-28(14-12-27)24(31)33-20-6-3-18(4-7-20)9-15-32-21-2-1-10-25-17-21/h1-8,10,16-17H,9,11-15H2,(H,29,30). The summed E-state index contributed by atoms with van der Waals surface area (Å²) >= 11 is 0. The van der Waals surface area contributed by atoms with Crippen LogP contribution in [0, 0.1) is 0 Å². The van der Waals surface area contributed by atoms with E-state index in [1.165, 1.54) is 12.3 Å². The summed E-state index contributed by atoms with van der Waals surface area (Å²) < 4.78 is 11.2. The maximum atomic E-state index is 12.5. The minimum atomic E-state index is -1.01. The lowest BCUT2D eigenvalue weighted by molar-refractivity contribution is 0.0696. The van der Waals surface area contributed by atoms with Gasteiger partial charge in [-0.2, -0.15) is 0 Å². The van der Waals surface area contributed by atoms with Crippen molar-refractivity contribution in [1.29, 1.82) is 0 Å². The first-order valence-corrected chi connectivity index (χ1v) is 10.6. The molecule has 1 saturated heterocycles. The van der Waals surface area contributed by atoms with Crippen LogP contribution in [0.3, 0.4) is 0 Å². The van der Waals surface area contributed by atoms with Gasteiger partial charge in [0, 0.05) is 45.0 Å². The molecule has 0 saturated carbocycles. The van der Waals surface area contributed by atoms with E-state index in [1.54, 1.807) is 35.5 Å². The Morgan fingerprint density at radius 1 is 0.939 bits per heavy atom. The van der Waals surface area contributed by atoms with Gasteiger partial charge in [-0.3, -0.25) is 4.98 Å². The Hall–Kier alpha value is -4.14. The number of amides is 1. The van der Waals surface area contributed by atoms with Crippen molar-refractivity contribution in [2.24, 2.45) is 0 Å². The van der Waals surface area contributed by atoms with Crippen molar-refractivity contribution in [2.45, 2.75) is 6.42 Å². The molecule has 3 aromatic rings. The van der Waals surface area contributed by atoms with Gasteiger partial charge in [-0.25, -0.2) is 14.6 Å². The number of rotatable bonds is 7. The Balaban J connectivity index is 1.22. The second-order valence-electron chi connectivity index (χ2n) is 7.48. The van der Waals surface area contributed by atoms with Crippen LogP contribution in [0.15, 0.2) is 67.1 Å². The molecule has 1 aliphatic rings. The van der Waals surface area contributed by atoms with Crippen LogP contribution in [-0.4, -0.2) is 64.8 Å². The van der Waals surface area contributed by atoms with E-state index < -0.39 is 12.1 Å². The molecule has 1 amide bonds. The van der Waals surface area contributed by atoms with Gasteiger partial charge < -0.3 is 24.4 Å². The van der Waals surface area contributed by atoms with Gasteiger partial charge in [0.15, 0.2) is 0 Å². The predicted octanol–water partition coefficient (Wildman–Crippen LogP) is 3.12. The molecular formula is C24H24N4O5. The summed E-state index contributed by atoms with van der Waals surface area (Å²) in [5, 5.41) is 8.98. The van der Waals surface area contributed by atoms with Crippen molar-refractivity contribution in [3.63, 3.8) is 0 Å². The molecule has 3 heterocycles. The van der Waals surface area contributed by atoms with Gasteiger partial charge in [-0.15, -0.1) is 0 Å². The van der Waals surface area contributed by atoms with Gasteiger partial charge in [0.05, 0.1) is 18.4 Å². The number of carboxylic acids is 1. The third-order valence-electron chi connectivity index (χ3n) is 5.28. The van der Waals surface area contributed by atoms with Crippen molar-refractivity contribution < 1.29 is 24.2 Å². The summed E-state index contributed by atoms with van der Waals surface area (Å²) in [6.07, 6.45) is 5.05. The number of hydrogen-bond acceptors (Lipinski definition) is 7. The lowest BCUT2D eigenvalue weighted by Crippen LogP contribution is -2.49. The fourth-order valence-electron chi connectivity index (χ4n) is 3.43. The first-order chi connectivity index (χ1) is 16.1. The summed E-state index contributed by atoms with van der Waals surface area (Å²) in [5.74, 6) is 0.908. The molecule has 0 bridgehead atoms. The quantitative estimate of drug-likeness (QED) is 0.588. The average molecular weight is 448 g/mol. The number of carbonyl (C=O) groups excluding carboxylic acids is 1. The van der Waals surface area contributed by atoms with Gasteiger partial charge in [0.1, 0.15) is 17.3 Å². The molecule has 0 radical (unpaired) electrons. The SMILES string of the molecule is O=C(O)c1ccc(N2CCN(C(=O)Oc3ccc(CCOc4cccnc4)cc3)CC2)nc1. The molecule has 0 spiro atoms. The molecule has 1 aromatic carbocycles. The molecule has 0 atom stereocenters. The highest BCUT2D eigenvalue weighted by atomic mass is 16.6. The maximum absolute atomic E-state index is 12.5. The number of hydrogen-bond donors (Lipinski definition) is 1. The number of carbonyl (C=O) groups is 2. The number of aromatic nitrogens is 2. The van der Waals surface area contributed by atoms with Crippen LogP contribution < -0.4 is 14.4 Å². The van der Waals surface area contributed by atoms with E-state index in [2.05, 4.69) is 9.97 Å². The van der Waals surface area contributed by atoms with E-state index in [4.69, 9.17) is 14.6 Å². The summed E-state index contributed by atoms with van der Waals surface area (Å²) in [6, 6.07) is 14.3. The highest BCUT2D eigenvalue weighted by Gasteiger charge is 2.23. The number of pyridine rings is 2. The molecule has 170 valence electrons. The van der Waals surface area contributed by atoms with E-state index >= 15 is 0 Å². The second-order valence-corrected chi connectivity index (χ2v) is 7.48. The Labute approximate surface area is 191 Å². The third-order valence-corrected chi connectivity index (χ3v) is 5.28. The minimum Gasteiger partial charge on any atom is -0.492 e. The minimum absolute atomic E-state index is 0.146. The van der Waals surface area contributed by atoms with E-state index in [9.17, 15) is 9.59 Å². The number of aromatic carboxylic acids is 1. The summed E-state index contributed by atoms with van der Waals surface area (Å²) in [5.41, 5.74) is 1.22. The first kappa shape index (κ1) is 22.1. The van der Waals surface area contributed by atoms with E-state index in [1.807, 2.05) is 29.2 Å². The fraction of sp³-hybridized carbons (Fsp3) is 0.250. The van der Waals surface area contributed by atoms with Crippen LogP contribution in [0.25, 0.3) is 0 Å². The first-order valence-electron chi connectivity index (χ1n) is 10.6. The van der Waals surface area contributed by atoms with Crippen LogP contribution >= 0.6 is 0 Å². The molecule has 1 N–H and O–H groups in total. The van der Waals surface area contributed by atoms with Crippen molar-refractivity contribution in [2.75, 3.05) is 37.7 Å². The van der Waals surface area contributed by atoms with Gasteiger partial charge in [0.25, 0.3) is 0 Å². The van der Waals surface area contributed by atoms with Gasteiger partial charge in [-0.05, 0) is 42.0 Å². The Morgan fingerprint density at radius 2 is 1.73 bits per heavy atom. The molecule has 9 heteroatoms. The van der Waals surface area contributed by atoms with Gasteiger partial charge >= 0.3 is 12.1 Å². The van der Waals surface area contributed by atoms with Crippen LogP contribution in [0.5, 0.6) is 11.5 Å². The topological polar surface area (TPSA) is 105 Å². The Morgan fingerprint density at radius 3 is 2.36 bits per heavy atom. The second kappa shape index (κ2) is 10.4. The van der Waals surface area contributed by atoms with Crippen molar-refractivity contribution >= 4 is 17.9 Å². The molecule has 2 aromatic heterocycles. The normalized spacial score (nSPS) is 13.5. The van der Waals surface area contributed by atoms with Crippen LogP contribution in [0.2, 0.25) is 0 Å². The smallest absolute Gasteiger partial charge is 0.415 e. The number of benzene rings is 1. The van der Waals surface area contributed by atoms with Crippen molar-refractivity contribution in [3.05, 3.63) is 78.2 Å². The van der Waals surface area contributed by atoms with E-state index in [0.717, 1.165) is 17.7 Å². The maximum Gasteiger partial charge on any atom is 0.415 e. The highest BCUT2D eigenvalue weighted by molar-refractivity contribution is 5.87. The zero-order valence-corrected chi connectivity index (χ0v) is 18.0. The monoisotopic (exact) mass is 448 g/mol. The largest absolute Gasteiger partial charge is 0.492 e. The molecule has 1 fully saturated rings. The van der Waals surface area contributed by atoms with Crippen LogP contribution in [0.1, 0.15) is 15.9 Å². The molecule has 33 heavy (non-hydrogen) atoms. The molecular weight excluding hydrogens is 424 g/mol. The average Bonchev–Trinajstić information content (AvgIpc) is 2.86.